The van der Waals surface area contributed by atoms with Crippen LogP contribution in [0.3, 0.4) is 0 Å². The van der Waals surface area contributed by atoms with Gasteiger partial charge in [-0.15, -0.1) is 0 Å². The van der Waals surface area contributed by atoms with E-state index in [1.807, 2.05) is 86.7 Å². The summed E-state index contributed by atoms with van der Waals surface area (Å²) in [5.74, 6) is -2.38. The van der Waals surface area contributed by atoms with Crippen molar-refractivity contribution in [3.05, 3.63) is 114 Å². The Morgan fingerprint density at radius 3 is 2.27 bits per heavy atom. The summed E-state index contributed by atoms with van der Waals surface area (Å²) in [7, 11) is 0. The van der Waals surface area contributed by atoms with E-state index in [2.05, 4.69) is 0 Å². The highest BCUT2D eigenvalue weighted by molar-refractivity contribution is 6.34. The van der Waals surface area contributed by atoms with Gasteiger partial charge < -0.3 is 29.3 Å². The molecule has 48 heavy (non-hydrogen) atoms. The molecular weight excluding hydrogens is 630 g/mol. The van der Waals surface area contributed by atoms with Crippen molar-refractivity contribution < 1.29 is 29.0 Å². The Balaban J connectivity index is 1.35. The van der Waals surface area contributed by atoms with Crippen molar-refractivity contribution in [3.63, 3.8) is 0 Å². The third kappa shape index (κ3) is 5.12. The van der Waals surface area contributed by atoms with Gasteiger partial charge in [0.15, 0.2) is 0 Å². The summed E-state index contributed by atoms with van der Waals surface area (Å²) in [5.41, 5.74) is -0.625. The largest absolute Gasteiger partial charge is 0.494 e. The number of anilines is 2. The molecule has 0 bridgehead atoms. The fourth-order valence-electron chi connectivity index (χ4n) is 8.00. The number of aliphatic hydroxyl groups is 1. The smallest absolute Gasteiger partial charge is 0.253 e. The minimum Gasteiger partial charge on any atom is -0.494 e. The molecule has 4 aliphatic heterocycles. The first-order valence-electron chi connectivity index (χ1n) is 16.3. The summed E-state index contributed by atoms with van der Waals surface area (Å²) in [6.45, 7) is 4.32. The van der Waals surface area contributed by atoms with Crippen LogP contribution in [0.25, 0.3) is 0 Å². The maximum Gasteiger partial charge on any atom is 0.253 e. The van der Waals surface area contributed by atoms with Gasteiger partial charge in [-0.1, -0.05) is 78.4 Å². The molecule has 6 atom stereocenters. The lowest BCUT2D eigenvalue weighted by molar-refractivity contribution is -0.147. The number of para-hydroxylation sites is 1. The molecule has 0 saturated carbocycles. The van der Waals surface area contributed by atoms with Gasteiger partial charge in [-0.3, -0.25) is 14.4 Å². The van der Waals surface area contributed by atoms with Gasteiger partial charge in [-0.25, -0.2) is 0 Å². The van der Waals surface area contributed by atoms with E-state index < -0.39 is 53.5 Å². The lowest BCUT2D eigenvalue weighted by Crippen LogP contribution is -2.59. The van der Waals surface area contributed by atoms with E-state index in [1.165, 1.54) is 4.90 Å². The van der Waals surface area contributed by atoms with Crippen LogP contribution in [0.2, 0.25) is 5.02 Å². The van der Waals surface area contributed by atoms with Crippen molar-refractivity contribution in [2.45, 2.75) is 43.6 Å². The molecule has 3 amide bonds. The van der Waals surface area contributed by atoms with E-state index >= 15 is 4.79 Å². The number of nitrogens with zero attached hydrogens (tertiary/aromatic N) is 3. The van der Waals surface area contributed by atoms with Crippen molar-refractivity contribution in [2.75, 3.05) is 36.1 Å². The zero-order chi connectivity index (χ0) is 33.6. The molecule has 0 aromatic heterocycles. The Kier molecular flexibility index (Phi) is 8.39. The highest BCUT2D eigenvalue weighted by atomic mass is 35.5. The van der Waals surface area contributed by atoms with E-state index in [4.69, 9.17) is 21.1 Å². The molecule has 10 heteroatoms. The SMILES string of the molecule is CCOc1ccc(N2CC=C[C@@]3(C)O[C@]45C=CCN(c6ccccc6Cl)C(=O)C4N([C@@H](CO)Cc4ccccc4)C(=O)[C@@H]5[C@H]3C2=O)cc1. The Hall–Kier alpha value is -4.44. The van der Waals surface area contributed by atoms with Gasteiger partial charge in [0.2, 0.25) is 11.8 Å². The normalized spacial score (nSPS) is 28.5. The molecule has 3 aromatic rings. The van der Waals surface area contributed by atoms with Gasteiger partial charge in [0.05, 0.1) is 47.4 Å². The molecule has 1 spiro atoms. The highest BCUT2D eigenvalue weighted by Crippen LogP contribution is 2.58. The molecule has 4 heterocycles. The highest BCUT2D eigenvalue weighted by Gasteiger charge is 2.75. The minimum atomic E-state index is -1.49. The van der Waals surface area contributed by atoms with E-state index in [0.717, 1.165) is 5.56 Å². The molecule has 3 aromatic carbocycles. The Morgan fingerprint density at radius 1 is 0.875 bits per heavy atom. The first kappa shape index (κ1) is 32.1. The van der Waals surface area contributed by atoms with Crippen LogP contribution < -0.4 is 14.5 Å². The maximum atomic E-state index is 15.0. The second-order valence-corrected chi connectivity index (χ2v) is 13.3. The van der Waals surface area contributed by atoms with Crippen LogP contribution in [0, 0.1) is 11.8 Å². The predicted octanol–water partition coefficient (Wildman–Crippen LogP) is 4.82. The number of benzene rings is 3. The zero-order valence-electron chi connectivity index (χ0n) is 26.9. The minimum absolute atomic E-state index is 0.185. The van der Waals surface area contributed by atoms with Crippen molar-refractivity contribution in [3.8, 4) is 5.75 Å². The number of hydrogen-bond acceptors (Lipinski definition) is 6. The summed E-state index contributed by atoms with van der Waals surface area (Å²) in [6, 6.07) is 22.0. The van der Waals surface area contributed by atoms with Gasteiger partial charge in [0.1, 0.15) is 17.4 Å². The van der Waals surface area contributed by atoms with Gasteiger partial charge in [0, 0.05) is 18.8 Å². The molecule has 0 radical (unpaired) electrons. The number of carbonyl (C=O) groups is 3. The van der Waals surface area contributed by atoms with Crippen LogP contribution in [0.5, 0.6) is 5.75 Å². The first-order chi connectivity index (χ1) is 23.2. The maximum absolute atomic E-state index is 15.0. The number of aliphatic hydroxyl groups excluding tert-OH is 1. The van der Waals surface area contributed by atoms with E-state index in [1.54, 1.807) is 40.1 Å². The van der Waals surface area contributed by atoms with Gasteiger partial charge in [0.25, 0.3) is 5.91 Å². The molecular formula is C38H38ClN3O6. The lowest BCUT2D eigenvalue weighted by atomic mass is 9.74. The monoisotopic (exact) mass is 667 g/mol. The molecule has 1 N–H and O–H groups in total. The Bertz CT molecular complexity index is 1780. The average molecular weight is 668 g/mol. The number of amides is 3. The molecule has 4 aliphatic rings. The van der Waals surface area contributed by atoms with Crippen LogP contribution in [-0.2, 0) is 25.5 Å². The third-order valence-electron chi connectivity index (χ3n) is 10.0. The summed E-state index contributed by atoms with van der Waals surface area (Å²) in [6.07, 6.45) is 7.67. The van der Waals surface area contributed by atoms with Crippen molar-refractivity contribution in [1.82, 2.24) is 4.90 Å². The molecule has 248 valence electrons. The second-order valence-electron chi connectivity index (χ2n) is 12.8. The average Bonchev–Trinajstić information content (AvgIpc) is 3.36. The molecule has 0 aliphatic carbocycles. The number of hydrogen-bond donors (Lipinski definition) is 1. The summed E-state index contributed by atoms with van der Waals surface area (Å²) >= 11 is 6.61. The number of likely N-dealkylation sites (tertiary alicyclic amines) is 1. The first-order valence-corrected chi connectivity index (χ1v) is 16.7. The van der Waals surface area contributed by atoms with Crippen LogP contribution in [0.1, 0.15) is 19.4 Å². The zero-order valence-corrected chi connectivity index (χ0v) is 27.6. The summed E-state index contributed by atoms with van der Waals surface area (Å²) in [4.78, 5) is 49.4. The van der Waals surface area contributed by atoms with Crippen LogP contribution in [-0.4, -0.2) is 77.3 Å². The van der Waals surface area contributed by atoms with E-state index in [-0.39, 0.29) is 19.0 Å². The standard InChI is InChI=1S/C38H38ClN3O6/c1-3-47-28-17-15-26(16-18-28)40-21-9-19-37(2)31(34(40)44)32-35(45)42(27(24-43)23-25-11-5-4-6-12-25)33-36(46)41(22-10-20-38(32,33)48-37)30-14-8-7-13-29(30)39/h4-20,27,31-33,43H,3,21-24H2,1-2H3/t27-,31+,32+,33?,37-,38+/m1/s1. The van der Waals surface area contributed by atoms with Crippen molar-refractivity contribution in [2.24, 2.45) is 11.8 Å². The quantitative estimate of drug-likeness (QED) is 0.346. The number of halogens is 1. The van der Waals surface area contributed by atoms with Crippen molar-refractivity contribution in [1.29, 1.82) is 0 Å². The Morgan fingerprint density at radius 2 is 1.56 bits per heavy atom. The summed E-state index contributed by atoms with van der Waals surface area (Å²) in [5, 5.41) is 11.2. The topological polar surface area (TPSA) is 99.6 Å². The molecule has 7 rings (SSSR count). The van der Waals surface area contributed by atoms with E-state index in [9.17, 15) is 14.7 Å². The number of ether oxygens (including phenoxy) is 2. The predicted molar refractivity (Wildman–Crippen MR) is 183 cm³/mol. The number of carbonyl (C=O) groups excluding carboxylic acids is 3. The number of rotatable bonds is 8. The molecule has 2 fully saturated rings. The number of fused-ring (bicyclic) bond motifs is 2. The van der Waals surface area contributed by atoms with Crippen LogP contribution in [0.4, 0.5) is 11.4 Å². The molecule has 2 saturated heterocycles. The fourth-order valence-corrected chi connectivity index (χ4v) is 8.24. The Labute approximate surface area is 285 Å². The van der Waals surface area contributed by atoms with Crippen LogP contribution >= 0.6 is 11.6 Å². The van der Waals surface area contributed by atoms with Gasteiger partial charge in [-0.2, -0.15) is 0 Å². The van der Waals surface area contributed by atoms with Crippen molar-refractivity contribution >= 4 is 40.7 Å². The van der Waals surface area contributed by atoms with Gasteiger partial charge in [-0.05, 0) is 62.2 Å². The molecule has 1 unspecified atom stereocenters. The van der Waals surface area contributed by atoms with E-state index in [0.29, 0.717) is 35.2 Å². The summed E-state index contributed by atoms with van der Waals surface area (Å²) < 4.78 is 12.6. The second kappa shape index (κ2) is 12.5. The third-order valence-corrected chi connectivity index (χ3v) is 10.3. The fraction of sp³-hybridized carbons (Fsp3) is 0.342. The molecule has 9 nitrogen and oxygen atoms in total. The van der Waals surface area contributed by atoms with Gasteiger partial charge >= 0.3 is 0 Å². The van der Waals surface area contributed by atoms with Crippen LogP contribution in [0.15, 0.2) is 103 Å². The lowest BCUT2D eigenvalue weighted by Gasteiger charge is -2.40.